The van der Waals surface area contributed by atoms with Crippen LogP contribution in [0.2, 0.25) is 0 Å². The minimum atomic E-state index is -4.59. The molecule has 0 aliphatic carbocycles. The van der Waals surface area contributed by atoms with E-state index in [4.69, 9.17) is 0 Å². The first-order chi connectivity index (χ1) is 9.21. The molecule has 4 nitrogen and oxygen atoms in total. The van der Waals surface area contributed by atoms with Gasteiger partial charge in [0.05, 0.1) is 10.5 Å². The smallest absolute Gasteiger partial charge is 0.314 e. The Kier molecular flexibility index (Phi) is 6.08. The molecule has 1 N–H and O–H groups in total. The number of piperazine rings is 1. The first kappa shape index (κ1) is 18.7. The van der Waals surface area contributed by atoms with Crippen LogP contribution >= 0.6 is 28.3 Å². The van der Waals surface area contributed by atoms with Crippen LogP contribution in [0.1, 0.15) is 5.56 Å². The highest BCUT2D eigenvalue weighted by molar-refractivity contribution is 9.10. The molecule has 0 aromatic heterocycles. The van der Waals surface area contributed by atoms with Gasteiger partial charge in [-0.05, 0) is 18.2 Å². The van der Waals surface area contributed by atoms with Gasteiger partial charge in [0.15, 0.2) is 0 Å². The molecule has 0 spiro atoms. The Morgan fingerprint density at radius 1 is 1.14 bits per heavy atom. The fraction of sp³-hybridized carbons (Fsp3) is 0.455. The second kappa shape index (κ2) is 6.82. The van der Waals surface area contributed by atoms with Crippen LogP contribution < -0.4 is 5.32 Å². The molecule has 1 aliphatic rings. The summed E-state index contributed by atoms with van der Waals surface area (Å²) >= 11 is 2.93. The van der Waals surface area contributed by atoms with Gasteiger partial charge in [-0.15, -0.1) is 12.4 Å². The lowest BCUT2D eigenvalue weighted by atomic mass is 10.2. The Morgan fingerprint density at radius 3 is 2.24 bits per heavy atom. The average molecular weight is 410 g/mol. The quantitative estimate of drug-likeness (QED) is 0.816. The summed E-state index contributed by atoms with van der Waals surface area (Å²) in [6.45, 7) is 1.46. The van der Waals surface area contributed by atoms with Crippen LogP contribution in [0.15, 0.2) is 27.6 Å². The van der Waals surface area contributed by atoms with Crippen molar-refractivity contribution in [3.8, 4) is 0 Å². The number of rotatable bonds is 2. The van der Waals surface area contributed by atoms with Crippen molar-refractivity contribution in [3.63, 3.8) is 0 Å². The van der Waals surface area contributed by atoms with Gasteiger partial charge >= 0.3 is 6.18 Å². The zero-order valence-electron chi connectivity index (χ0n) is 10.7. The lowest BCUT2D eigenvalue weighted by molar-refractivity contribution is -0.137. The van der Waals surface area contributed by atoms with Crippen molar-refractivity contribution in [1.82, 2.24) is 9.62 Å². The van der Waals surface area contributed by atoms with Crippen LogP contribution in [-0.4, -0.2) is 38.9 Å². The molecule has 1 aromatic carbocycles. The maximum Gasteiger partial charge on any atom is 0.416 e. The SMILES string of the molecule is Cl.O=S(=O)(c1cc(Br)cc(C(F)(F)F)c1)N1CCNCC1. The van der Waals surface area contributed by atoms with Gasteiger partial charge in [0.1, 0.15) is 0 Å². The van der Waals surface area contributed by atoms with E-state index in [2.05, 4.69) is 21.2 Å². The highest BCUT2D eigenvalue weighted by Gasteiger charge is 2.34. The minimum Gasteiger partial charge on any atom is -0.314 e. The molecule has 21 heavy (non-hydrogen) atoms. The molecule has 10 heteroatoms. The third-order valence-electron chi connectivity index (χ3n) is 2.91. The molecule has 120 valence electrons. The zero-order chi connectivity index (χ0) is 15.0. The summed E-state index contributed by atoms with van der Waals surface area (Å²) in [5.74, 6) is 0. The van der Waals surface area contributed by atoms with E-state index >= 15 is 0 Å². The van der Waals surface area contributed by atoms with E-state index in [-0.39, 0.29) is 34.9 Å². The van der Waals surface area contributed by atoms with Gasteiger partial charge in [-0.2, -0.15) is 17.5 Å². The third kappa shape index (κ3) is 4.32. The lowest BCUT2D eigenvalue weighted by Gasteiger charge is -2.26. The molecule has 0 atom stereocenters. The highest BCUT2D eigenvalue weighted by atomic mass is 79.9. The Labute approximate surface area is 135 Å². The summed E-state index contributed by atoms with van der Waals surface area (Å²) < 4.78 is 64.1. The van der Waals surface area contributed by atoms with Crippen LogP contribution in [0.25, 0.3) is 0 Å². The molecule has 0 radical (unpaired) electrons. The number of nitrogens with one attached hydrogen (secondary N) is 1. The van der Waals surface area contributed by atoms with Gasteiger partial charge in [-0.3, -0.25) is 0 Å². The van der Waals surface area contributed by atoms with Crippen LogP contribution in [0.4, 0.5) is 13.2 Å². The molecule has 1 heterocycles. The topological polar surface area (TPSA) is 49.4 Å². The maximum absolute atomic E-state index is 12.7. The average Bonchev–Trinajstić information content (AvgIpc) is 2.38. The highest BCUT2D eigenvalue weighted by Crippen LogP contribution is 2.33. The molecule has 2 rings (SSSR count). The molecule has 0 saturated carbocycles. The molecule has 0 bridgehead atoms. The molecular formula is C11H13BrClF3N2O2S. The summed E-state index contributed by atoms with van der Waals surface area (Å²) in [6.07, 6.45) is -4.59. The number of hydrogen-bond donors (Lipinski definition) is 1. The lowest BCUT2D eigenvalue weighted by Crippen LogP contribution is -2.46. The van der Waals surface area contributed by atoms with Crippen molar-refractivity contribution in [3.05, 3.63) is 28.2 Å². The van der Waals surface area contributed by atoms with Crippen molar-refractivity contribution in [2.24, 2.45) is 0 Å². The number of sulfonamides is 1. The van der Waals surface area contributed by atoms with Gasteiger partial charge in [-0.25, -0.2) is 8.42 Å². The largest absolute Gasteiger partial charge is 0.416 e. The van der Waals surface area contributed by atoms with E-state index in [1.807, 2.05) is 0 Å². The summed E-state index contributed by atoms with van der Waals surface area (Å²) in [7, 11) is -3.90. The van der Waals surface area contributed by atoms with Gasteiger partial charge in [-0.1, -0.05) is 15.9 Å². The van der Waals surface area contributed by atoms with E-state index in [0.29, 0.717) is 19.2 Å². The number of benzene rings is 1. The maximum atomic E-state index is 12.7. The summed E-state index contributed by atoms with van der Waals surface area (Å²) in [4.78, 5) is -0.346. The number of hydrogen-bond acceptors (Lipinski definition) is 3. The number of halogens is 5. The number of alkyl halides is 3. The van der Waals surface area contributed by atoms with Crippen LogP contribution in [0, 0.1) is 0 Å². The Bertz CT molecular complexity index is 604. The summed E-state index contributed by atoms with van der Waals surface area (Å²) in [5, 5.41) is 2.99. The van der Waals surface area contributed by atoms with Crippen molar-refractivity contribution in [2.45, 2.75) is 11.1 Å². The molecule has 0 unspecified atom stereocenters. The van der Waals surface area contributed by atoms with Crippen molar-refractivity contribution >= 4 is 38.4 Å². The second-order valence-electron chi connectivity index (χ2n) is 4.33. The van der Waals surface area contributed by atoms with Gasteiger partial charge in [0.25, 0.3) is 0 Å². The van der Waals surface area contributed by atoms with Gasteiger partial charge < -0.3 is 5.32 Å². The van der Waals surface area contributed by atoms with Crippen LogP contribution in [0.3, 0.4) is 0 Å². The van der Waals surface area contributed by atoms with E-state index in [0.717, 1.165) is 6.07 Å². The van der Waals surface area contributed by atoms with Crippen molar-refractivity contribution < 1.29 is 21.6 Å². The van der Waals surface area contributed by atoms with E-state index in [1.54, 1.807) is 0 Å². The zero-order valence-corrected chi connectivity index (χ0v) is 13.9. The van der Waals surface area contributed by atoms with Gasteiger partial charge in [0, 0.05) is 30.7 Å². The summed E-state index contributed by atoms with van der Waals surface area (Å²) in [5.41, 5.74) is -0.986. The predicted molar refractivity (Wildman–Crippen MR) is 78.0 cm³/mol. The second-order valence-corrected chi connectivity index (χ2v) is 7.18. The van der Waals surface area contributed by atoms with Crippen LogP contribution in [-0.2, 0) is 16.2 Å². The first-order valence-electron chi connectivity index (χ1n) is 5.80. The minimum absolute atomic E-state index is 0. The van der Waals surface area contributed by atoms with Gasteiger partial charge in [0.2, 0.25) is 10.0 Å². The molecule has 1 aliphatic heterocycles. The Hall–Kier alpha value is -0.350. The normalized spacial score (nSPS) is 17.3. The van der Waals surface area contributed by atoms with Crippen LogP contribution in [0.5, 0.6) is 0 Å². The monoisotopic (exact) mass is 408 g/mol. The molecular weight excluding hydrogens is 397 g/mol. The molecule has 0 amide bonds. The fourth-order valence-corrected chi connectivity index (χ4v) is 4.07. The van der Waals surface area contributed by atoms with Crippen molar-refractivity contribution in [1.29, 1.82) is 0 Å². The first-order valence-corrected chi connectivity index (χ1v) is 8.03. The molecule has 1 fully saturated rings. The van der Waals surface area contributed by atoms with E-state index in [1.165, 1.54) is 10.4 Å². The fourth-order valence-electron chi connectivity index (χ4n) is 1.91. The van der Waals surface area contributed by atoms with E-state index in [9.17, 15) is 21.6 Å². The molecule has 1 aromatic rings. The summed E-state index contributed by atoms with van der Waals surface area (Å²) in [6, 6.07) is 2.71. The Balaban J connectivity index is 0.00000220. The third-order valence-corrected chi connectivity index (χ3v) is 5.25. The van der Waals surface area contributed by atoms with Crippen molar-refractivity contribution in [2.75, 3.05) is 26.2 Å². The molecule has 1 saturated heterocycles. The Morgan fingerprint density at radius 2 is 1.71 bits per heavy atom. The predicted octanol–water partition coefficient (Wildman–Crippen LogP) is 2.48. The van der Waals surface area contributed by atoms with E-state index < -0.39 is 21.8 Å². The standard InChI is InChI=1S/C11H12BrF3N2O2S.ClH/c12-9-5-8(11(13,14)15)6-10(7-9)20(18,19)17-3-1-16-2-4-17;/h5-7,16H,1-4H2;1H. The number of nitrogens with zero attached hydrogens (tertiary/aromatic N) is 1.